The molecule has 14 heteroatoms. The molecular formula is C39H43N3O10S. The van der Waals surface area contributed by atoms with Crippen molar-refractivity contribution >= 4 is 23.7 Å². The number of hydrogen-bond acceptors (Lipinski definition) is 14. The Hall–Kier alpha value is -4.21. The Balaban J connectivity index is 1.31. The number of carbonyl (C=O) groups excluding carboxylic acids is 2. The Kier molecular flexibility index (Phi) is 8.10. The van der Waals surface area contributed by atoms with Crippen molar-refractivity contribution in [1.82, 2.24) is 15.5 Å². The molecule has 0 radical (unpaired) electrons. The first-order valence-corrected chi connectivity index (χ1v) is 19.0. The van der Waals surface area contributed by atoms with E-state index in [4.69, 9.17) is 28.4 Å². The van der Waals surface area contributed by atoms with Gasteiger partial charge in [0.15, 0.2) is 28.5 Å². The number of aryl methyl sites for hydroxylation is 2. The van der Waals surface area contributed by atoms with Crippen LogP contribution >= 0.6 is 11.8 Å². The van der Waals surface area contributed by atoms with Crippen molar-refractivity contribution in [3.63, 3.8) is 0 Å². The third-order valence-corrected chi connectivity index (χ3v) is 13.4. The van der Waals surface area contributed by atoms with Crippen LogP contribution in [0, 0.1) is 20.8 Å². The maximum atomic E-state index is 14.7. The molecule has 53 heavy (non-hydrogen) atoms. The highest BCUT2D eigenvalue weighted by molar-refractivity contribution is 7.99. The van der Waals surface area contributed by atoms with Gasteiger partial charge in [-0.25, -0.2) is 4.79 Å². The number of phenols is 1. The van der Waals surface area contributed by atoms with Crippen molar-refractivity contribution in [2.75, 3.05) is 39.9 Å². The molecule has 0 aromatic heterocycles. The second kappa shape index (κ2) is 12.4. The molecule has 0 saturated carbocycles. The van der Waals surface area contributed by atoms with E-state index in [9.17, 15) is 19.8 Å². The van der Waals surface area contributed by atoms with Crippen LogP contribution in [0.15, 0.2) is 18.2 Å². The fourth-order valence-electron chi connectivity index (χ4n) is 9.80. The number of benzene rings is 3. The molecule has 7 atom stereocenters. The summed E-state index contributed by atoms with van der Waals surface area (Å²) in [5.74, 6) is 1.67. The maximum Gasteiger partial charge on any atom is 0.331 e. The number of piperazine rings is 1. The van der Waals surface area contributed by atoms with E-state index in [1.807, 2.05) is 37.8 Å². The summed E-state index contributed by atoms with van der Waals surface area (Å²) in [6, 6.07) is 3.84. The molecule has 4 N–H and O–H groups in total. The van der Waals surface area contributed by atoms with Crippen LogP contribution in [-0.4, -0.2) is 85.3 Å². The van der Waals surface area contributed by atoms with Gasteiger partial charge in [0, 0.05) is 47.5 Å². The first-order valence-electron chi connectivity index (χ1n) is 18.0. The fraction of sp³-hybridized carbons (Fsp3) is 0.487. The van der Waals surface area contributed by atoms with Crippen LogP contribution in [0.4, 0.5) is 0 Å². The molecule has 1 unspecified atom stereocenters. The van der Waals surface area contributed by atoms with Gasteiger partial charge in [-0.05, 0) is 67.5 Å². The SMILES string of the molecule is COc1cc2c(cc1C)CCN[C@]21CS[C@@H]2c3c(OC(C)=O)c(C)c4c(c3C(COC1=O)N1[C@@H]2[C@@H]2N[C@@H](Cc3cc(C)c(OC)c(O)c32)[C@@H]1O)OCO4. The monoisotopic (exact) mass is 745 g/mol. The average molecular weight is 746 g/mol. The summed E-state index contributed by atoms with van der Waals surface area (Å²) in [5.41, 5.74) is 5.94. The number of hydrogen-bond donors (Lipinski definition) is 4. The van der Waals surface area contributed by atoms with E-state index in [1.165, 1.54) is 25.8 Å². The molecule has 7 aliphatic heterocycles. The van der Waals surface area contributed by atoms with Crippen LogP contribution in [0.2, 0.25) is 0 Å². The van der Waals surface area contributed by atoms with E-state index in [0.29, 0.717) is 64.0 Å². The summed E-state index contributed by atoms with van der Waals surface area (Å²) in [5, 5.41) is 31.0. The number of aliphatic hydroxyl groups excluding tert-OH is 1. The van der Waals surface area contributed by atoms with Crippen LogP contribution in [0.25, 0.3) is 0 Å². The third kappa shape index (κ3) is 4.85. The van der Waals surface area contributed by atoms with E-state index in [0.717, 1.165) is 34.2 Å². The van der Waals surface area contributed by atoms with E-state index in [1.54, 1.807) is 7.11 Å². The highest BCUT2D eigenvalue weighted by Gasteiger charge is 2.60. The normalized spacial score (nSPS) is 29.4. The molecule has 7 heterocycles. The number of fused-ring (bicyclic) bond motifs is 9. The number of esters is 2. The zero-order valence-electron chi connectivity index (χ0n) is 30.5. The molecule has 10 rings (SSSR count). The topological polar surface area (TPSA) is 157 Å². The number of thioether (sulfide) groups is 1. The largest absolute Gasteiger partial charge is 0.504 e. The van der Waals surface area contributed by atoms with Crippen molar-refractivity contribution in [2.24, 2.45) is 0 Å². The van der Waals surface area contributed by atoms with Gasteiger partial charge >= 0.3 is 11.9 Å². The first kappa shape index (κ1) is 34.6. The molecule has 13 nitrogen and oxygen atoms in total. The molecule has 3 aromatic carbocycles. The molecule has 7 aliphatic rings. The summed E-state index contributed by atoms with van der Waals surface area (Å²) in [6.07, 6.45) is 0.141. The molecular weight excluding hydrogens is 703 g/mol. The van der Waals surface area contributed by atoms with E-state index < -0.39 is 53.1 Å². The Morgan fingerprint density at radius 1 is 1.00 bits per heavy atom. The summed E-state index contributed by atoms with van der Waals surface area (Å²) in [6.45, 7) is 7.46. The van der Waals surface area contributed by atoms with Gasteiger partial charge in [0.2, 0.25) is 6.79 Å². The van der Waals surface area contributed by atoms with Crippen molar-refractivity contribution in [1.29, 1.82) is 0 Å². The third-order valence-electron chi connectivity index (χ3n) is 12.0. The van der Waals surface area contributed by atoms with Gasteiger partial charge in [0.1, 0.15) is 24.3 Å². The molecule has 0 amide bonds. The van der Waals surface area contributed by atoms with Gasteiger partial charge in [-0.15, -0.1) is 11.8 Å². The van der Waals surface area contributed by atoms with Gasteiger partial charge in [-0.3, -0.25) is 15.0 Å². The number of nitrogens with one attached hydrogen (secondary N) is 2. The Labute approximate surface area is 311 Å². The van der Waals surface area contributed by atoms with Crippen LogP contribution in [0.3, 0.4) is 0 Å². The highest BCUT2D eigenvalue weighted by Crippen LogP contribution is 2.63. The maximum absolute atomic E-state index is 14.7. The molecule has 280 valence electrons. The van der Waals surface area contributed by atoms with Crippen molar-refractivity contribution < 1.29 is 48.2 Å². The van der Waals surface area contributed by atoms with E-state index >= 15 is 0 Å². The number of nitrogens with zero attached hydrogens (tertiary/aromatic N) is 1. The van der Waals surface area contributed by atoms with E-state index in [-0.39, 0.29) is 24.9 Å². The predicted molar refractivity (Wildman–Crippen MR) is 193 cm³/mol. The minimum atomic E-state index is -1.25. The first-order chi connectivity index (χ1) is 25.5. The fourth-order valence-corrected chi connectivity index (χ4v) is 11.5. The van der Waals surface area contributed by atoms with Crippen molar-refractivity contribution in [2.45, 2.75) is 81.7 Å². The van der Waals surface area contributed by atoms with Crippen LogP contribution in [0.5, 0.6) is 34.5 Å². The average Bonchev–Trinajstić information content (AvgIpc) is 3.63. The minimum Gasteiger partial charge on any atom is -0.504 e. The van der Waals surface area contributed by atoms with Crippen molar-refractivity contribution in [3.05, 3.63) is 68.3 Å². The number of ether oxygens (including phenoxy) is 6. The molecule has 0 aliphatic carbocycles. The molecule has 4 bridgehead atoms. The smallest absolute Gasteiger partial charge is 0.331 e. The zero-order valence-corrected chi connectivity index (χ0v) is 31.3. The zero-order chi connectivity index (χ0) is 37.1. The standard InChI is InChI=1S/C39H43N3O10S/c1-16-9-20-7-8-40-39(22(20)12-25(16)47-5)14-53-36-28-27(35-34(50-15-51-35)18(3)33(28)52-19(4)43)24(13-49-38(39)46)42-30(36)29-26-21(11-23(41-29)37(42)45)10-17(2)32(48-6)31(26)44/h9-10,12,23-24,29-30,36-37,40-41,44-45H,7-8,11,13-15H2,1-6H3/t23-,24?,29+,30+,36+,37-,39+/m0/s1. The lowest BCUT2D eigenvalue weighted by atomic mass is 9.74. The van der Waals surface area contributed by atoms with Gasteiger partial charge in [0.25, 0.3) is 0 Å². The number of aromatic hydroxyl groups is 1. The number of rotatable bonds is 3. The lowest BCUT2D eigenvalue weighted by molar-refractivity contribution is -0.164. The lowest BCUT2D eigenvalue weighted by Gasteiger charge is -2.59. The highest BCUT2D eigenvalue weighted by atomic mass is 32.2. The van der Waals surface area contributed by atoms with Gasteiger partial charge < -0.3 is 44.0 Å². The van der Waals surface area contributed by atoms with Gasteiger partial charge in [-0.2, -0.15) is 0 Å². The summed E-state index contributed by atoms with van der Waals surface area (Å²) < 4.78 is 36.2. The number of aliphatic hydroxyl groups is 1. The quantitative estimate of drug-likeness (QED) is 0.228. The van der Waals surface area contributed by atoms with Crippen molar-refractivity contribution in [3.8, 4) is 34.5 Å². The Bertz CT molecular complexity index is 2090. The number of carbonyl (C=O) groups is 2. The Morgan fingerprint density at radius 2 is 1.77 bits per heavy atom. The summed E-state index contributed by atoms with van der Waals surface area (Å²) in [4.78, 5) is 29.6. The molecule has 3 aromatic rings. The van der Waals surface area contributed by atoms with Crippen LogP contribution < -0.4 is 34.3 Å². The van der Waals surface area contributed by atoms with Gasteiger partial charge in [0.05, 0.1) is 37.6 Å². The number of methoxy groups -OCH3 is 2. The molecule has 2 fully saturated rings. The predicted octanol–water partition coefficient (Wildman–Crippen LogP) is 3.67. The molecule has 2 saturated heterocycles. The lowest BCUT2D eigenvalue weighted by Crippen LogP contribution is -2.69. The molecule has 1 spiro atoms. The number of phenolic OH excluding ortho intramolecular Hbond substituents is 1. The second-order valence-corrected chi connectivity index (χ2v) is 15.9. The summed E-state index contributed by atoms with van der Waals surface area (Å²) >= 11 is 1.51. The van der Waals surface area contributed by atoms with E-state index in [2.05, 4.69) is 16.7 Å². The van der Waals surface area contributed by atoms with Crippen LogP contribution in [0.1, 0.15) is 74.3 Å². The van der Waals surface area contributed by atoms with Gasteiger partial charge in [-0.1, -0.05) is 12.1 Å². The minimum absolute atomic E-state index is 0.0410. The summed E-state index contributed by atoms with van der Waals surface area (Å²) in [7, 11) is 3.16. The second-order valence-electron chi connectivity index (χ2n) is 14.8. The van der Waals surface area contributed by atoms with Crippen LogP contribution in [-0.2, 0) is 32.7 Å². The Morgan fingerprint density at radius 3 is 2.53 bits per heavy atom.